The summed E-state index contributed by atoms with van der Waals surface area (Å²) in [5.74, 6) is 0.660. The second-order valence-electron chi connectivity index (χ2n) is 5.30. The molecule has 134 valence electrons. The van der Waals surface area contributed by atoms with E-state index < -0.39 is 0 Å². The first kappa shape index (κ1) is 19.1. The first-order valence-corrected chi connectivity index (χ1v) is 9.76. The van der Waals surface area contributed by atoms with E-state index in [-0.39, 0.29) is 11.7 Å². The highest BCUT2D eigenvalue weighted by molar-refractivity contribution is 14.1. The Balaban J connectivity index is 1.83. The monoisotopic (exact) mass is 501 g/mol. The molecule has 0 aliphatic carbocycles. The number of benzene rings is 2. The molecule has 1 saturated heterocycles. The third-order valence-electron chi connectivity index (χ3n) is 3.49. The predicted molar refractivity (Wildman–Crippen MR) is 113 cm³/mol. The van der Waals surface area contributed by atoms with Crippen LogP contribution in [0.4, 0.5) is 4.39 Å². The second kappa shape index (κ2) is 8.36. The highest BCUT2D eigenvalue weighted by Crippen LogP contribution is 2.36. The van der Waals surface area contributed by atoms with Gasteiger partial charge in [-0.15, -0.1) is 0 Å². The molecular weight excluding hydrogens is 488 g/mol. The molecule has 2 aromatic carbocycles. The van der Waals surface area contributed by atoms with Crippen molar-refractivity contribution in [1.29, 1.82) is 0 Å². The number of rotatable bonds is 5. The lowest BCUT2D eigenvalue weighted by Gasteiger charge is -2.14. The summed E-state index contributed by atoms with van der Waals surface area (Å²) in [4.78, 5) is 12.3. The number of hydrogen-bond donors (Lipinski definition) is 1. The van der Waals surface area contributed by atoms with Gasteiger partial charge in [-0.05, 0) is 64.1 Å². The zero-order chi connectivity index (χ0) is 18.7. The van der Waals surface area contributed by atoms with Crippen molar-refractivity contribution in [2.24, 2.45) is 0 Å². The highest BCUT2D eigenvalue weighted by atomic mass is 127. The molecule has 1 aliphatic rings. The van der Waals surface area contributed by atoms with Crippen molar-refractivity contribution in [3.8, 4) is 11.5 Å². The summed E-state index contributed by atoms with van der Waals surface area (Å²) in [6.07, 6.45) is 1.76. The predicted octanol–water partition coefficient (Wildman–Crippen LogP) is 4.51. The Bertz CT molecular complexity index is 900. The van der Waals surface area contributed by atoms with E-state index in [1.165, 1.54) is 23.9 Å². The lowest BCUT2D eigenvalue weighted by atomic mass is 10.2. The molecule has 0 aromatic heterocycles. The Labute approximate surface area is 173 Å². The van der Waals surface area contributed by atoms with Gasteiger partial charge in [0.15, 0.2) is 11.5 Å². The number of carbonyl (C=O) groups is 1. The van der Waals surface area contributed by atoms with E-state index >= 15 is 0 Å². The molecule has 2 aromatic rings. The fourth-order valence-electron chi connectivity index (χ4n) is 2.27. The molecule has 0 unspecified atom stereocenters. The first-order valence-electron chi connectivity index (χ1n) is 7.46. The molecule has 1 aliphatic heterocycles. The lowest BCUT2D eigenvalue weighted by Crippen LogP contribution is -2.17. The molecule has 8 heteroatoms. The van der Waals surface area contributed by atoms with Crippen molar-refractivity contribution in [3.05, 3.63) is 61.8 Å². The minimum absolute atomic E-state index is 0.203. The van der Waals surface area contributed by atoms with Crippen molar-refractivity contribution >= 4 is 62.9 Å². The standard InChI is InChI=1S/C18H13FINO3S2/c1-23-14-7-11(8-15-17(22)21-18(25)26-15)6-13(20)16(14)24-9-10-2-4-12(19)5-3-10/h2-8H,9H2,1H3,(H,21,22,25)/b15-8-. The van der Waals surface area contributed by atoms with Gasteiger partial charge in [-0.1, -0.05) is 36.1 Å². The van der Waals surface area contributed by atoms with Gasteiger partial charge in [-0.25, -0.2) is 4.39 Å². The van der Waals surface area contributed by atoms with Crippen molar-refractivity contribution in [1.82, 2.24) is 5.32 Å². The van der Waals surface area contributed by atoms with Gasteiger partial charge in [0, 0.05) is 0 Å². The summed E-state index contributed by atoms with van der Waals surface area (Å²) in [6.45, 7) is 0.291. The number of ether oxygens (including phenoxy) is 2. The third-order valence-corrected chi connectivity index (χ3v) is 5.45. The maximum absolute atomic E-state index is 13.0. The quantitative estimate of drug-likeness (QED) is 0.372. The van der Waals surface area contributed by atoms with Crippen LogP contribution in [0.2, 0.25) is 0 Å². The van der Waals surface area contributed by atoms with Crippen LogP contribution >= 0.6 is 46.6 Å². The van der Waals surface area contributed by atoms with Crippen LogP contribution in [-0.4, -0.2) is 17.3 Å². The number of thioether (sulfide) groups is 1. The van der Waals surface area contributed by atoms with E-state index in [4.69, 9.17) is 21.7 Å². The van der Waals surface area contributed by atoms with Gasteiger partial charge in [0.1, 0.15) is 16.7 Å². The van der Waals surface area contributed by atoms with Crippen LogP contribution in [0.15, 0.2) is 41.3 Å². The topological polar surface area (TPSA) is 47.6 Å². The Morgan fingerprint density at radius 3 is 2.65 bits per heavy atom. The summed E-state index contributed by atoms with van der Waals surface area (Å²) in [7, 11) is 1.55. The number of thiocarbonyl (C=S) groups is 1. The van der Waals surface area contributed by atoms with Gasteiger partial charge >= 0.3 is 0 Å². The summed E-state index contributed by atoms with van der Waals surface area (Å²) in [5.41, 5.74) is 1.66. The number of methoxy groups -OCH3 is 1. The van der Waals surface area contributed by atoms with Crippen LogP contribution in [0.3, 0.4) is 0 Å². The maximum Gasteiger partial charge on any atom is 0.263 e. The van der Waals surface area contributed by atoms with Crippen LogP contribution in [0, 0.1) is 9.39 Å². The third kappa shape index (κ3) is 4.54. The van der Waals surface area contributed by atoms with E-state index in [0.717, 1.165) is 14.7 Å². The minimum Gasteiger partial charge on any atom is -0.493 e. The lowest BCUT2D eigenvalue weighted by molar-refractivity contribution is -0.115. The number of hydrogen-bond acceptors (Lipinski definition) is 5. The van der Waals surface area contributed by atoms with Crippen molar-refractivity contribution in [3.63, 3.8) is 0 Å². The Morgan fingerprint density at radius 2 is 2.04 bits per heavy atom. The SMILES string of the molecule is COc1cc(/C=C2\SC(=S)NC2=O)cc(I)c1OCc1ccc(F)cc1. The average Bonchev–Trinajstić information content (AvgIpc) is 2.92. The molecule has 0 radical (unpaired) electrons. The van der Waals surface area contributed by atoms with Gasteiger partial charge < -0.3 is 14.8 Å². The molecule has 1 heterocycles. The number of nitrogens with one attached hydrogen (secondary N) is 1. The van der Waals surface area contributed by atoms with E-state index in [0.29, 0.717) is 27.3 Å². The van der Waals surface area contributed by atoms with Gasteiger partial charge in [-0.3, -0.25) is 4.79 Å². The molecular formula is C18H13FINO3S2. The smallest absolute Gasteiger partial charge is 0.263 e. The Hall–Kier alpha value is -1.65. The van der Waals surface area contributed by atoms with E-state index in [1.54, 1.807) is 31.4 Å². The van der Waals surface area contributed by atoms with Crippen LogP contribution < -0.4 is 14.8 Å². The van der Waals surface area contributed by atoms with Crippen molar-refractivity contribution < 1.29 is 18.7 Å². The second-order valence-corrected chi connectivity index (χ2v) is 8.18. The molecule has 1 fully saturated rings. The van der Waals surface area contributed by atoms with Crippen molar-refractivity contribution in [2.75, 3.05) is 7.11 Å². The molecule has 3 rings (SSSR count). The van der Waals surface area contributed by atoms with Crippen LogP contribution in [0.25, 0.3) is 6.08 Å². The minimum atomic E-state index is -0.286. The van der Waals surface area contributed by atoms with E-state index in [9.17, 15) is 9.18 Å². The Morgan fingerprint density at radius 1 is 1.31 bits per heavy atom. The fourth-order valence-corrected chi connectivity index (χ4v) is 4.10. The molecule has 0 atom stereocenters. The molecule has 4 nitrogen and oxygen atoms in total. The fraction of sp³-hybridized carbons (Fsp3) is 0.111. The molecule has 1 N–H and O–H groups in total. The average molecular weight is 501 g/mol. The molecule has 26 heavy (non-hydrogen) atoms. The summed E-state index contributed by atoms with van der Waals surface area (Å²) >= 11 is 8.37. The number of carbonyl (C=O) groups excluding carboxylic acids is 1. The summed E-state index contributed by atoms with van der Waals surface area (Å²) in [5, 5.41) is 2.59. The molecule has 0 spiro atoms. The van der Waals surface area contributed by atoms with Gasteiger partial charge in [0.25, 0.3) is 5.91 Å². The zero-order valence-corrected chi connectivity index (χ0v) is 17.3. The maximum atomic E-state index is 13.0. The van der Waals surface area contributed by atoms with E-state index in [2.05, 4.69) is 27.9 Å². The Kier molecular flexibility index (Phi) is 6.15. The zero-order valence-electron chi connectivity index (χ0n) is 13.5. The van der Waals surface area contributed by atoms with Crippen LogP contribution in [0.1, 0.15) is 11.1 Å². The summed E-state index contributed by atoms with van der Waals surface area (Å²) < 4.78 is 25.6. The largest absolute Gasteiger partial charge is 0.493 e. The molecule has 0 saturated carbocycles. The van der Waals surface area contributed by atoms with Crippen LogP contribution in [-0.2, 0) is 11.4 Å². The molecule has 1 amide bonds. The van der Waals surface area contributed by atoms with Crippen molar-refractivity contribution in [2.45, 2.75) is 6.61 Å². The summed E-state index contributed by atoms with van der Waals surface area (Å²) in [6, 6.07) is 9.82. The highest BCUT2D eigenvalue weighted by Gasteiger charge is 2.22. The normalized spacial score (nSPS) is 15.3. The van der Waals surface area contributed by atoms with Gasteiger partial charge in [-0.2, -0.15) is 0 Å². The number of amides is 1. The van der Waals surface area contributed by atoms with Crippen LogP contribution in [0.5, 0.6) is 11.5 Å². The van der Waals surface area contributed by atoms with Gasteiger partial charge in [0.2, 0.25) is 0 Å². The number of halogens is 2. The molecule has 0 bridgehead atoms. The van der Waals surface area contributed by atoms with Gasteiger partial charge in [0.05, 0.1) is 15.6 Å². The first-order chi connectivity index (χ1) is 12.5. The van der Waals surface area contributed by atoms with E-state index in [1.807, 2.05) is 6.07 Å².